The third-order valence-electron chi connectivity index (χ3n) is 4.20. The molecular weight excluding hydrogens is 236 g/mol. The summed E-state index contributed by atoms with van der Waals surface area (Å²) in [5.74, 6) is 0.803. The van der Waals surface area contributed by atoms with Crippen LogP contribution in [0, 0.1) is 11.3 Å². The average molecular weight is 260 g/mol. The Balaban J connectivity index is 2.10. The highest BCUT2D eigenvalue weighted by Crippen LogP contribution is 2.28. The highest BCUT2D eigenvalue weighted by Gasteiger charge is 2.25. The lowest BCUT2D eigenvalue weighted by Crippen LogP contribution is -2.38. The van der Waals surface area contributed by atoms with E-state index in [1.54, 1.807) is 6.20 Å². The molecular formula is C15H24N4. The predicted molar refractivity (Wildman–Crippen MR) is 78.1 cm³/mol. The standard InChI is InChI=1S/C15H24N4/c1-11-6-3-4-8-13(11)19(2)10-12-7-5-9-18-14(12)15(16)17/h5,7,9,11,13H,3-4,6,8,10H2,1-2H3,(H3,16,17). The second-order valence-corrected chi connectivity index (χ2v) is 5.67. The van der Waals surface area contributed by atoms with Crippen LogP contribution < -0.4 is 5.73 Å². The van der Waals surface area contributed by atoms with Crippen LogP contribution in [0.1, 0.15) is 43.9 Å². The Morgan fingerprint density at radius 1 is 1.47 bits per heavy atom. The van der Waals surface area contributed by atoms with Crippen LogP contribution in [0.15, 0.2) is 18.3 Å². The maximum atomic E-state index is 7.60. The van der Waals surface area contributed by atoms with Gasteiger partial charge in [0.1, 0.15) is 11.5 Å². The summed E-state index contributed by atoms with van der Waals surface area (Å²) < 4.78 is 0. The molecule has 0 aliphatic heterocycles. The molecule has 3 N–H and O–H groups in total. The quantitative estimate of drug-likeness (QED) is 0.645. The van der Waals surface area contributed by atoms with Crippen LogP contribution >= 0.6 is 0 Å². The minimum atomic E-state index is 0.0562. The summed E-state index contributed by atoms with van der Waals surface area (Å²) in [6, 6.07) is 4.57. The minimum Gasteiger partial charge on any atom is -0.382 e. The Morgan fingerprint density at radius 2 is 2.21 bits per heavy atom. The molecule has 1 aromatic rings. The van der Waals surface area contributed by atoms with E-state index in [0.29, 0.717) is 11.7 Å². The zero-order chi connectivity index (χ0) is 13.8. The van der Waals surface area contributed by atoms with Crippen molar-refractivity contribution in [3.05, 3.63) is 29.6 Å². The summed E-state index contributed by atoms with van der Waals surface area (Å²) >= 11 is 0. The van der Waals surface area contributed by atoms with Crippen molar-refractivity contribution < 1.29 is 0 Å². The maximum absolute atomic E-state index is 7.60. The van der Waals surface area contributed by atoms with Crippen molar-refractivity contribution in [3.8, 4) is 0 Å². The number of hydrogen-bond donors (Lipinski definition) is 2. The molecule has 1 aliphatic rings. The maximum Gasteiger partial charge on any atom is 0.142 e. The molecule has 1 saturated carbocycles. The molecule has 0 amide bonds. The number of nitrogens with zero attached hydrogens (tertiary/aromatic N) is 2. The highest BCUT2D eigenvalue weighted by atomic mass is 15.1. The van der Waals surface area contributed by atoms with E-state index in [1.165, 1.54) is 25.7 Å². The van der Waals surface area contributed by atoms with Gasteiger partial charge in [-0.3, -0.25) is 15.3 Å². The van der Waals surface area contributed by atoms with Crippen LogP contribution in [-0.2, 0) is 6.54 Å². The second-order valence-electron chi connectivity index (χ2n) is 5.67. The molecule has 1 aliphatic carbocycles. The van der Waals surface area contributed by atoms with E-state index in [1.807, 2.05) is 12.1 Å². The fourth-order valence-corrected chi connectivity index (χ4v) is 3.15. The van der Waals surface area contributed by atoms with E-state index in [2.05, 4.69) is 23.9 Å². The third-order valence-corrected chi connectivity index (χ3v) is 4.20. The molecule has 1 aromatic heterocycles. The normalized spacial score (nSPS) is 23.5. The van der Waals surface area contributed by atoms with Gasteiger partial charge in [-0.1, -0.05) is 25.8 Å². The average Bonchev–Trinajstić information content (AvgIpc) is 2.39. The van der Waals surface area contributed by atoms with Gasteiger partial charge < -0.3 is 5.73 Å². The third kappa shape index (κ3) is 3.32. The summed E-state index contributed by atoms with van der Waals surface area (Å²) in [7, 11) is 2.17. The molecule has 2 unspecified atom stereocenters. The molecule has 2 rings (SSSR count). The van der Waals surface area contributed by atoms with Gasteiger partial charge >= 0.3 is 0 Å². The van der Waals surface area contributed by atoms with Crippen molar-refractivity contribution >= 4 is 5.84 Å². The number of pyridine rings is 1. The van der Waals surface area contributed by atoms with Gasteiger partial charge in [-0.05, 0) is 37.4 Å². The van der Waals surface area contributed by atoms with Crippen molar-refractivity contribution in [1.29, 1.82) is 5.41 Å². The Labute approximate surface area is 115 Å². The number of rotatable bonds is 4. The van der Waals surface area contributed by atoms with Gasteiger partial charge in [-0.2, -0.15) is 0 Å². The molecule has 104 valence electrons. The van der Waals surface area contributed by atoms with Crippen molar-refractivity contribution in [2.45, 2.75) is 45.2 Å². The monoisotopic (exact) mass is 260 g/mol. The summed E-state index contributed by atoms with van der Waals surface area (Å²) in [4.78, 5) is 6.62. The van der Waals surface area contributed by atoms with Crippen molar-refractivity contribution in [2.24, 2.45) is 11.7 Å². The van der Waals surface area contributed by atoms with Gasteiger partial charge in [-0.15, -0.1) is 0 Å². The van der Waals surface area contributed by atoms with Crippen molar-refractivity contribution in [3.63, 3.8) is 0 Å². The molecule has 0 saturated heterocycles. The molecule has 4 nitrogen and oxygen atoms in total. The lowest BCUT2D eigenvalue weighted by Gasteiger charge is -2.36. The number of hydrogen-bond acceptors (Lipinski definition) is 3. The lowest BCUT2D eigenvalue weighted by atomic mass is 9.85. The Bertz CT molecular complexity index is 444. The molecule has 0 radical (unpaired) electrons. The molecule has 0 aromatic carbocycles. The molecule has 19 heavy (non-hydrogen) atoms. The van der Waals surface area contributed by atoms with Crippen LogP contribution in [0.5, 0.6) is 0 Å². The van der Waals surface area contributed by atoms with Gasteiger partial charge in [-0.25, -0.2) is 0 Å². The fraction of sp³-hybridized carbons (Fsp3) is 0.600. The lowest BCUT2D eigenvalue weighted by molar-refractivity contribution is 0.133. The van der Waals surface area contributed by atoms with Crippen molar-refractivity contribution in [1.82, 2.24) is 9.88 Å². The van der Waals surface area contributed by atoms with E-state index in [0.717, 1.165) is 18.0 Å². The Morgan fingerprint density at radius 3 is 2.89 bits per heavy atom. The van der Waals surface area contributed by atoms with E-state index in [-0.39, 0.29) is 5.84 Å². The number of nitrogens with one attached hydrogen (secondary N) is 1. The fourth-order valence-electron chi connectivity index (χ4n) is 3.15. The van der Waals surface area contributed by atoms with Crippen LogP contribution in [0.2, 0.25) is 0 Å². The first kappa shape index (κ1) is 14.0. The van der Waals surface area contributed by atoms with Gasteiger partial charge in [0.05, 0.1) is 0 Å². The molecule has 0 spiro atoms. The van der Waals surface area contributed by atoms with E-state index in [4.69, 9.17) is 11.1 Å². The van der Waals surface area contributed by atoms with Crippen LogP contribution in [-0.4, -0.2) is 28.8 Å². The SMILES string of the molecule is CC1CCCCC1N(C)Cc1cccnc1C(=N)N. The zero-order valence-electron chi connectivity index (χ0n) is 11.9. The van der Waals surface area contributed by atoms with E-state index in [9.17, 15) is 0 Å². The number of aromatic nitrogens is 1. The predicted octanol–water partition coefficient (Wildman–Crippen LogP) is 2.38. The second kappa shape index (κ2) is 6.15. The van der Waals surface area contributed by atoms with Gasteiger partial charge in [0.25, 0.3) is 0 Å². The Hall–Kier alpha value is -1.42. The van der Waals surface area contributed by atoms with Crippen LogP contribution in [0.4, 0.5) is 0 Å². The molecule has 0 bridgehead atoms. The van der Waals surface area contributed by atoms with Crippen molar-refractivity contribution in [2.75, 3.05) is 7.05 Å². The minimum absolute atomic E-state index is 0.0562. The van der Waals surface area contributed by atoms with Crippen LogP contribution in [0.3, 0.4) is 0 Å². The van der Waals surface area contributed by atoms with E-state index >= 15 is 0 Å². The highest BCUT2D eigenvalue weighted by molar-refractivity contribution is 5.94. The molecule has 4 heteroatoms. The van der Waals surface area contributed by atoms with Gasteiger partial charge in [0.15, 0.2) is 0 Å². The number of nitrogens with two attached hydrogens (primary N) is 1. The first-order valence-corrected chi connectivity index (χ1v) is 7.08. The van der Waals surface area contributed by atoms with E-state index < -0.39 is 0 Å². The first-order valence-electron chi connectivity index (χ1n) is 7.08. The zero-order valence-corrected chi connectivity index (χ0v) is 11.9. The summed E-state index contributed by atoms with van der Waals surface area (Å²) in [5.41, 5.74) is 7.27. The summed E-state index contributed by atoms with van der Waals surface area (Å²) in [6.45, 7) is 3.16. The largest absolute Gasteiger partial charge is 0.382 e. The van der Waals surface area contributed by atoms with Crippen LogP contribution in [0.25, 0.3) is 0 Å². The summed E-state index contributed by atoms with van der Waals surface area (Å²) in [6.07, 6.45) is 6.97. The van der Waals surface area contributed by atoms with Gasteiger partial charge in [0.2, 0.25) is 0 Å². The number of amidine groups is 1. The topological polar surface area (TPSA) is 66.0 Å². The number of nitrogen functional groups attached to an aromatic ring is 1. The Kier molecular flexibility index (Phi) is 4.53. The summed E-state index contributed by atoms with van der Waals surface area (Å²) in [5, 5.41) is 7.60. The first-order chi connectivity index (χ1) is 9.09. The molecule has 2 atom stereocenters. The molecule has 1 heterocycles. The van der Waals surface area contributed by atoms with Gasteiger partial charge in [0, 0.05) is 18.8 Å². The molecule has 1 fully saturated rings. The smallest absolute Gasteiger partial charge is 0.142 e.